The Morgan fingerprint density at radius 1 is 1.35 bits per heavy atom. The number of carbonyl (C=O) groups is 1. The van der Waals surface area contributed by atoms with Crippen LogP contribution in [0.5, 0.6) is 0 Å². The number of rotatable bonds is 5. The van der Waals surface area contributed by atoms with Crippen molar-refractivity contribution in [2.45, 2.75) is 32.1 Å². The molecule has 1 aromatic rings. The van der Waals surface area contributed by atoms with E-state index in [0.717, 1.165) is 10.0 Å². The van der Waals surface area contributed by atoms with Crippen molar-refractivity contribution in [3.05, 3.63) is 34.3 Å². The maximum Gasteiger partial charge on any atom is 0.405 e. The molecular weight excluding hydrogens is 337 g/mol. The Balaban J connectivity index is 2.53. The molecule has 1 aromatic carbocycles. The summed E-state index contributed by atoms with van der Waals surface area (Å²) >= 11 is 3.34. The van der Waals surface area contributed by atoms with E-state index in [9.17, 15) is 18.0 Å². The van der Waals surface area contributed by atoms with Crippen molar-refractivity contribution in [2.24, 2.45) is 0 Å². The van der Waals surface area contributed by atoms with Crippen LogP contribution in [0.3, 0.4) is 0 Å². The molecule has 2 atom stereocenters. The summed E-state index contributed by atoms with van der Waals surface area (Å²) < 4.78 is 36.9. The molecule has 0 fully saturated rings. The van der Waals surface area contributed by atoms with Gasteiger partial charge in [-0.2, -0.15) is 13.2 Å². The van der Waals surface area contributed by atoms with Crippen molar-refractivity contribution in [1.29, 1.82) is 0 Å². The van der Waals surface area contributed by atoms with Gasteiger partial charge in [0.2, 0.25) is 5.91 Å². The Hall–Kier alpha value is -1.08. The first-order valence-electron chi connectivity index (χ1n) is 6.05. The summed E-state index contributed by atoms with van der Waals surface area (Å²) in [6.07, 6.45) is -4.40. The van der Waals surface area contributed by atoms with E-state index in [-0.39, 0.29) is 6.04 Å². The standard InChI is InChI=1S/C13H16BrF3N2O/c1-8(10-4-3-5-11(14)6-10)19-9(2)12(20)18-7-13(15,16)17/h3-6,8-9,19H,7H2,1-2H3,(H,18,20). The van der Waals surface area contributed by atoms with Gasteiger partial charge in [-0.1, -0.05) is 28.1 Å². The fourth-order valence-electron chi connectivity index (χ4n) is 1.66. The molecule has 20 heavy (non-hydrogen) atoms. The highest BCUT2D eigenvalue weighted by Crippen LogP contribution is 2.18. The third-order valence-corrected chi connectivity index (χ3v) is 3.20. The molecule has 0 saturated heterocycles. The summed E-state index contributed by atoms with van der Waals surface area (Å²) in [5.41, 5.74) is 0.940. The molecule has 0 radical (unpaired) electrons. The van der Waals surface area contributed by atoms with E-state index in [4.69, 9.17) is 0 Å². The van der Waals surface area contributed by atoms with E-state index in [1.54, 1.807) is 0 Å². The normalized spacial score (nSPS) is 14.7. The number of hydrogen-bond donors (Lipinski definition) is 2. The molecule has 0 saturated carbocycles. The third-order valence-electron chi connectivity index (χ3n) is 2.71. The van der Waals surface area contributed by atoms with Gasteiger partial charge in [0.15, 0.2) is 0 Å². The van der Waals surface area contributed by atoms with Crippen molar-refractivity contribution in [3.8, 4) is 0 Å². The molecule has 1 rings (SSSR count). The van der Waals surface area contributed by atoms with Gasteiger partial charge in [-0.15, -0.1) is 0 Å². The molecule has 2 N–H and O–H groups in total. The molecule has 0 aromatic heterocycles. The minimum atomic E-state index is -4.40. The Bertz CT molecular complexity index is 465. The highest BCUT2D eigenvalue weighted by Gasteiger charge is 2.28. The van der Waals surface area contributed by atoms with Crippen molar-refractivity contribution in [3.63, 3.8) is 0 Å². The van der Waals surface area contributed by atoms with Gasteiger partial charge in [0.25, 0.3) is 0 Å². The first-order chi connectivity index (χ1) is 9.19. The van der Waals surface area contributed by atoms with Crippen LogP contribution in [0.1, 0.15) is 25.5 Å². The number of amides is 1. The lowest BCUT2D eigenvalue weighted by molar-refractivity contribution is -0.139. The van der Waals surface area contributed by atoms with Crippen LogP contribution in [0.25, 0.3) is 0 Å². The molecule has 0 bridgehead atoms. The van der Waals surface area contributed by atoms with Crippen molar-refractivity contribution in [2.75, 3.05) is 6.54 Å². The molecule has 3 nitrogen and oxygen atoms in total. The second-order valence-corrected chi connectivity index (χ2v) is 5.41. The molecule has 112 valence electrons. The number of carbonyl (C=O) groups excluding carboxylic acids is 1. The maximum absolute atomic E-state index is 12.0. The van der Waals surface area contributed by atoms with Gasteiger partial charge in [0, 0.05) is 10.5 Å². The summed E-state index contributed by atoms with van der Waals surface area (Å²) in [5.74, 6) is -0.677. The minimum Gasteiger partial charge on any atom is -0.346 e. The number of halogens is 4. The first-order valence-corrected chi connectivity index (χ1v) is 6.84. The lowest BCUT2D eigenvalue weighted by Crippen LogP contribution is -2.45. The molecule has 0 spiro atoms. The Labute approximate surface area is 124 Å². The van der Waals surface area contributed by atoms with E-state index >= 15 is 0 Å². The fraction of sp³-hybridized carbons (Fsp3) is 0.462. The summed E-state index contributed by atoms with van der Waals surface area (Å²) in [6.45, 7) is 2.05. The van der Waals surface area contributed by atoms with Gasteiger partial charge >= 0.3 is 6.18 Å². The largest absolute Gasteiger partial charge is 0.405 e. The lowest BCUT2D eigenvalue weighted by Gasteiger charge is -2.20. The molecule has 7 heteroatoms. The SMILES string of the molecule is CC(NC(C)c1cccc(Br)c1)C(=O)NCC(F)(F)F. The van der Waals surface area contributed by atoms with Crippen LogP contribution in [0.4, 0.5) is 13.2 Å². The zero-order valence-electron chi connectivity index (χ0n) is 11.1. The van der Waals surface area contributed by atoms with E-state index in [0.29, 0.717) is 0 Å². The van der Waals surface area contributed by atoms with Crippen molar-refractivity contribution in [1.82, 2.24) is 10.6 Å². The van der Waals surface area contributed by atoms with E-state index in [1.165, 1.54) is 6.92 Å². The molecule has 0 aliphatic heterocycles. The predicted molar refractivity (Wildman–Crippen MR) is 74.2 cm³/mol. The molecular formula is C13H16BrF3N2O. The highest BCUT2D eigenvalue weighted by atomic mass is 79.9. The maximum atomic E-state index is 12.0. The first kappa shape index (κ1) is 17.0. The van der Waals surface area contributed by atoms with Crippen LogP contribution < -0.4 is 10.6 Å². The van der Waals surface area contributed by atoms with E-state index in [1.807, 2.05) is 36.5 Å². The fourth-order valence-corrected chi connectivity index (χ4v) is 2.08. The number of nitrogens with one attached hydrogen (secondary N) is 2. The van der Waals surface area contributed by atoms with Gasteiger partial charge in [-0.25, -0.2) is 0 Å². The number of benzene rings is 1. The average Bonchev–Trinajstić information content (AvgIpc) is 2.34. The van der Waals surface area contributed by atoms with Crippen molar-refractivity contribution >= 4 is 21.8 Å². The van der Waals surface area contributed by atoms with Crippen LogP contribution in [0.15, 0.2) is 28.7 Å². The Morgan fingerprint density at radius 3 is 2.55 bits per heavy atom. The van der Waals surface area contributed by atoms with E-state index in [2.05, 4.69) is 21.2 Å². The molecule has 0 aliphatic carbocycles. The Kier molecular flexibility index (Phi) is 6.01. The zero-order valence-corrected chi connectivity index (χ0v) is 12.7. The molecule has 0 aliphatic rings. The summed E-state index contributed by atoms with van der Waals surface area (Å²) in [6, 6.07) is 6.62. The lowest BCUT2D eigenvalue weighted by atomic mass is 10.1. The van der Waals surface area contributed by atoms with Gasteiger partial charge in [-0.3, -0.25) is 10.1 Å². The summed E-state index contributed by atoms with van der Waals surface area (Å²) in [5, 5.41) is 4.81. The zero-order chi connectivity index (χ0) is 15.3. The second kappa shape index (κ2) is 7.08. The van der Waals surface area contributed by atoms with Crippen LogP contribution in [-0.4, -0.2) is 24.7 Å². The van der Waals surface area contributed by atoms with E-state index < -0.39 is 24.7 Å². The number of hydrogen-bond acceptors (Lipinski definition) is 2. The van der Waals surface area contributed by atoms with Gasteiger partial charge in [0.1, 0.15) is 6.54 Å². The van der Waals surface area contributed by atoms with Gasteiger partial charge < -0.3 is 5.32 Å². The average molecular weight is 353 g/mol. The number of alkyl halides is 3. The topological polar surface area (TPSA) is 41.1 Å². The van der Waals surface area contributed by atoms with Crippen molar-refractivity contribution < 1.29 is 18.0 Å². The van der Waals surface area contributed by atoms with Crippen LogP contribution in [0, 0.1) is 0 Å². The van der Waals surface area contributed by atoms with Crippen LogP contribution >= 0.6 is 15.9 Å². The highest BCUT2D eigenvalue weighted by molar-refractivity contribution is 9.10. The smallest absolute Gasteiger partial charge is 0.346 e. The van der Waals surface area contributed by atoms with Crippen LogP contribution in [-0.2, 0) is 4.79 Å². The molecule has 2 unspecified atom stereocenters. The predicted octanol–water partition coefficient (Wildman–Crippen LogP) is 3.17. The summed E-state index contributed by atoms with van der Waals surface area (Å²) in [7, 11) is 0. The minimum absolute atomic E-state index is 0.154. The third kappa shape index (κ3) is 5.92. The second-order valence-electron chi connectivity index (χ2n) is 4.50. The monoisotopic (exact) mass is 352 g/mol. The molecule has 0 heterocycles. The van der Waals surface area contributed by atoms with Gasteiger partial charge in [0.05, 0.1) is 6.04 Å². The van der Waals surface area contributed by atoms with Crippen LogP contribution in [0.2, 0.25) is 0 Å². The quantitative estimate of drug-likeness (QED) is 0.854. The van der Waals surface area contributed by atoms with Gasteiger partial charge in [-0.05, 0) is 31.5 Å². The molecule has 1 amide bonds. The Morgan fingerprint density at radius 2 is 2.00 bits per heavy atom. The summed E-state index contributed by atoms with van der Waals surface area (Å²) in [4.78, 5) is 11.5.